The van der Waals surface area contributed by atoms with Gasteiger partial charge in [-0.25, -0.2) is 9.98 Å². The fraction of sp³-hybridized carbons (Fsp3) is 0.0476. The molecule has 1 aromatic rings. The van der Waals surface area contributed by atoms with Gasteiger partial charge in [0.2, 0.25) is 0 Å². The van der Waals surface area contributed by atoms with Gasteiger partial charge in [-0.3, -0.25) is 0 Å². The lowest BCUT2D eigenvalue weighted by molar-refractivity contribution is 0.827. The van der Waals surface area contributed by atoms with Crippen molar-refractivity contribution >= 4 is 23.6 Å². The van der Waals surface area contributed by atoms with Crippen LogP contribution in [0, 0.1) is 0 Å². The number of aliphatic imine (C=N–C) groups is 2. The number of aromatic amines is 1. The van der Waals surface area contributed by atoms with Crippen molar-refractivity contribution in [1.29, 1.82) is 0 Å². The van der Waals surface area contributed by atoms with Crippen molar-refractivity contribution in [2.75, 3.05) is 0 Å². The Kier molecular flexibility index (Phi) is 2.97. The molecule has 5 rings (SSSR count). The molecular formula is C21H16N4. The van der Waals surface area contributed by atoms with E-state index < -0.39 is 0 Å². The van der Waals surface area contributed by atoms with E-state index in [0.29, 0.717) is 0 Å². The topological polar surface area (TPSA) is 52.5 Å². The van der Waals surface area contributed by atoms with Gasteiger partial charge in [-0.2, -0.15) is 0 Å². The van der Waals surface area contributed by atoms with Gasteiger partial charge in [0.15, 0.2) is 0 Å². The summed E-state index contributed by atoms with van der Waals surface area (Å²) in [5.74, 6) is 0. The van der Waals surface area contributed by atoms with Gasteiger partial charge in [0, 0.05) is 16.4 Å². The van der Waals surface area contributed by atoms with Crippen molar-refractivity contribution in [3.8, 4) is 0 Å². The summed E-state index contributed by atoms with van der Waals surface area (Å²) in [5, 5.41) is 5.54. The number of hydrogen-bond donors (Lipinski definition) is 2. The van der Waals surface area contributed by atoms with Crippen LogP contribution in [-0.4, -0.2) is 22.4 Å². The normalized spacial score (nSPS) is 30.0. The highest BCUT2D eigenvalue weighted by Crippen LogP contribution is 2.21. The van der Waals surface area contributed by atoms with E-state index in [0.717, 1.165) is 44.8 Å². The first-order chi connectivity index (χ1) is 12.2. The summed E-state index contributed by atoms with van der Waals surface area (Å²) in [4.78, 5) is 12.7. The van der Waals surface area contributed by atoms with Gasteiger partial charge in [0.1, 0.15) is 0 Å². The fourth-order valence-electron chi connectivity index (χ4n) is 3.21. The number of nitrogens with one attached hydrogen (secondary N) is 2. The Bertz CT molecular complexity index is 1130. The van der Waals surface area contributed by atoms with E-state index in [1.807, 2.05) is 36.5 Å². The maximum Gasteiger partial charge on any atom is 0.0716 e. The van der Waals surface area contributed by atoms with E-state index in [2.05, 4.69) is 57.2 Å². The van der Waals surface area contributed by atoms with E-state index in [-0.39, 0.29) is 6.04 Å². The molecule has 8 bridgehead atoms. The number of H-pyrrole nitrogens is 1. The third-order valence-electron chi connectivity index (χ3n) is 4.41. The van der Waals surface area contributed by atoms with Gasteiger partial charge in [0.25, 0.3) is 0 Å². The van der Waals surface area contributed by atoms with Gasteiger partial charge in [-0.05, 0) is 72.4 Å². The first kappa shape index (κ1) is 14.0. The Labute approximate surface area is 145 Å². The Hall–Kier alpha value is -3.40. The highest BCUT2D eigenvalue weighted by molar-refractivity contribution is 6.19. The Morgan fingerprint density at radius 1 is 0.800 bits per heavy atom. The largest absolute Gasteiger partial charge is 0.375 e. The molecule has 25 heavy (non-hydrogen) atoms. The third-order valence-corrected chi connectivity index (χ3v) is 4.41. The van der Waals surface area contributed by atoms with Crippen molar-refractivity contribution in [3.63, 3.8) is 0 Å². The van der Waals surface area contributed by atoms with Crippen LogP contribution in [0.5, 0.6) is 0 Å². The Balaban J connectivity index is 1.67. The van der Waals surface area contributed by atoms with E-state index in [1.165, 1.54) is 0 Å². The lowest BCUT2D eigenvalue weighted by Crippen LogP contribution is -2.22. The van der Waals surface area contributed by atoms with E-state index in [1.54, 1.807) is 0 Å². The predicted molar refractivity (Wildman–Crippen MR) is 102 cm³/mol. The molecule has 0 saturated carbocycles. The lowest BCUT2D eigenvalue weighted by atomic mass is 10.1. The Morgan fingerprint density at radius 3 is 2.40 bits per heavy atom. The maximum absolute atomic E-state index is 4.65. The molecule has 120 valence electrons. The van der Waals surface area contributed by atoms with Crippen molar-refractivity contribution in [1.82, 2.24) is 10.3 Å². The smallest absolute Gasteiger partial charge is 0.0716 e. The second-order valence-corrected chi connectivity index (χ2v) is 6.36. The molecule has 5 heterocycles. The van der Waals surface area contributed by atoms with Crippen molar-refractivity contribution in [2.45, 2.75) is 6.04 Å². The highest BCUT2D eigenvalue weighted by Gasteiger charge is 2.17. The van der Waals surface area contributed by atoms with Gasteiger partial charge < -0.3 is 10.3 Å². The fourth-order valence-corrected chi connectivity index (χ4v) is 3.21. The summed E-state index contributed by atoms with van der Waals surface area (Å²) in [6.07, 6.45) is 18.3. The molecule has 0 spiro atoms. The molecule has 1 aromatic heterocycles. The first-order valence-corrected chi connectivity index (χ1v) is 8.24. The second-order valence-electron chi connectivity index (χ2n) is 6.36. The number of allylic oxidation sites excluding steroid dienone is 6. The zero-order chi connectivity index (χ0) is 16.8. The average molecular weight is 324 g/mol. The van der Waals surface area contributed by atoms with Crippen LogP contribution in [-0.2, 0) is 0 Å². The predicted octanol–water partition coefficient (Wildman–Crippen LogP) is 1.79. The van der Waals surface area contributed by atoms with Crippen LogP contribution in [0.1, 0.15) is 0 Å². The zero-order valence-corrected chi connectivity index (χ0v) is 13.5. The summed E-state index contributed by atoms with van der Waals surface area (Å²) >= 11 is 0. The molecule has 2 N–H and O–H groups in total. The molecule has 4 heteroatoms. The molecule has 0 aromatic carbocycles. The first-order valence-electron chi connectivity index (χ1n) is 8.24. The van der Waals surface area contributed by atoms with Crippen molar-refractivity contribution in [3.05, 3.63) is 94.6 Å². The van der Waals surface area contributed by atoms with Crippen LogP contribution >= 0.6 is 0 Å². The molecular weight excluding hydrogens is 308 g/mol. The van der Waals surface area contributed by atoms with Gasteiger partial charge in [0.05, 0.1) is 28.9 Å². The average Bonchev–Trinajstić information content (AvgIpc) is 3.33. The number of nitrogens with zero attached hydrogens (tertiary/aromatic N) is 2. The van der Waals surface area contributed by atoms with Crippen LogP contribution in [0.2, 0.25) is 0 Å². The quantitative estimate of drug-likeness (QED) is 0.751. The molecule has 1 unspecified atom stereocenters. The molecule has 4 aliphatic heterocycles. The lowest BCUT2D eigenvalue weighted by Gasteiger charge is -2.08. The number of hydrogen-bond acceptors (Lipinski definition) is 3. The van der Waals surface area contributed by atoms with E-state index >= 15 is 0 Å². The molecule has 4 aliphatic rings. The minimum absolute atomic E-state index is 0.0616. The standard InChI is InChI=1S/C21H16N4/c1-13-8-20-11-18-5-4-16(23-18)9-14-2-3-15(22-14)10-17-6-7-19(24-17)12-21(13)25-20/h2-12,21,23,25H,1H2/b15-10-,16-9-,18-11-,19-12-. The van der Waals surface area contributed by atoms with E-state index in [9.17, 15) is 0 Å². The molecule has 4 nitrogen and oxygen atoms in total. The number of rotatable bonds is 0. The van der Waals surface area contributed by atoms with E-state index in [4.69, 9.17) is 0 Å². The van der Waals surface area contributed by atoms with Crippen LogP contribution in [0.3, 0.4) is 0 Å². The van der Waals surface area contributed by atoms with Crippen LogP contribution in [0.25, 0.3) is 12.2 Å². The maximum atomic E-state index is 4.65. The molecule has 0 aliphatic carbocycles. The SMILES string of the molecule is C=C1C=C2/C=c3/cc/c([nH]3)=C/C3=NC(=C\C4=NC(=C\C1N2)/C=C4)/C=C3. The number of fused-ring (bicyclic) bond motifs is 6. The molecule has 0 saturated heterocycles. The Morgan fingerprint density at radius 2 is 1.52 bits per heavy atom. The molecule has 0 amide bonds. The summed E-state index contributed by atoms with van der Waals surface area (Å²) in [7, 11) is 0. The second kappa shape index (κ2) is 5.31. The van der Waals surface area contributed by atoms with Gasteiger partial charge in [-0.1, -0.05) is 6.58 Å². The van der Waals surface area contributed by atoms with Gasteiger partial charge in [-0.15, -0.1) is 0 Å². The minimum Gasteiger partial charge on any atom is -0.375 e. The number of aromatic nitrogens is 1. The van der Waals surface area contributed by atoms with Crippen LogP contribution in [0.15, 0.2) is 93.9 Å². The molecule has 0 fully saturated rings. The molecule has 1 atom stereocenters. The summed E-state index contributed by atoms with van der Waals surface area (Å²) in [5.41, 5.74) is 5.76. The highest BCUT2D eigenvalue weighted by atomic mass is 15.0. The third kappa shape index (κ3) is 2.68. The molecule has 0 radical (unpaired) electrons. The van der Waals surface area contributed by atoms with Crippen LogP contribution in [0.4, 0.5) is 0 Å². The van der Waals surface area contributed by atoms with Crippen LogP contribution < -0.4 is 16.0 Å². The zero-order valence-electron chi connectivity index (χ0n) is 13.5. The minimum atomic E-state index is 0.0616. The monoisotopic (exact) mass is 324 g/mol. The van der Waals surface area contributed by atoms with Gasteiger partial charge >= 0.3 is 0 Å². The summed E-state index contributed by atoms with van der Waals surface area (Å²) < 4.78 is 0. The van der Waals surface area contributed by atoms with Crippen molar-refractivity contribution < 1.29 is 0 Å². The summed E-state index contributed by atoms with van der Waals surface area (Å²) in [6, 6.07) is 4.18. The summed E-state index contributed by atoms with van der Waals surface area (Å²) in [6.45, 7) is 4.16. The van der Waals surface area contributed by atoms with Crippen molar-refractivity contribution in [2.24, 2.45) is 9.98 Å².